The van der Waals surface area contributed by atoms with E-state index in [-0.39, 0.29) is 0 Å². The fourth-order valence-electron chi connectivity index (χ4n) is 0.751. The van der Waals surface area contributed by atoms with E-state index in [0.29, 0.717) is 12.4 Å². The molecule has 0 fully saturated rings. The molecule has 0 saturated heterocycles. The van der Waals surface area contributed by atoms with Gasteiger partial charge in [-0.05, 0) is 25.1 Å². The molecule has 1 heterocycles. The van der Waals surface area contributed by atoms with Crippen LogP contribution in [0.25, 0.3) is 6.08 Å². The van der Waals surface area contributed by atoms with Crippen LogP contribution >= 0.6 is 0 Å². The monoisotopic (exact) mass is 181 g/mol. The summed E-state index contributed by atoms with van der Waals surface area (Å²) in [5.74, 6) is 0.678. The highest BCUT2D eigenvalue weighted by Crippen LogP contribution is 2.00. The number of hydrogen-bond donors (Lipinski definition) is 1. The van der Waals surface area contributed by atoms with E-state index in [0.717, 1.165) is 0 Å². The van der Waals surface area contributed by atoms with E-state index in [4.69, 9.17) is 4.42 Å². The Bertz CT molecular complexity index is 277. The van der Waals surface area contributed by atoms with Gasteiger partial charge in [0.25, 0.3) is 0 Å². The minimum Gasteiger partial charge on any atom is -0.465 e. The van der Waals surface area contributed by atoms with E-state index in [2.05, 4.69) is 10.1 Å². The lowest BCUT2D eigenvalue weighted by Crippen LogP contribution is -2.17. The van der Waals surface area contributed by atoms with Gasteiger partial charge in [0.05, 0.1) is 12.9 Å². The minimum atomic E-state index is -0.467. The first kappa shape index (κ1) is 9.38. The van der Waals surface area contributed by atoms with E-state index in [1.807, 2.05) is 0 Å². The topological polar surface area (TPSA) is 51.5 Å². The van der Waals surface area contributed by atoms with Gasteiger partial charge in [0.15, 0.2) is 0 Å². The molecule has 70 valence electrons. The maximum Gasteiger partial charge on any atom is 0.411 e. The van der Waals surface area contributed by atoms with Crippen LogP contribution in [0.1, 0.15) is 12.7 Å². The van der Waals surface area contributed by atoms with Crippen LogP contribution < -0.4 is 5.32 Å². The number of carbonyl (C=O) groups is 1. The number of carbonyl (C=O) groups excluding carboxylic acids is 1. The van der Waals surface area contributed by atoms with Gasteiger partial charge in [-0.2, -0.15) is 0 Å². The van der Waals surface area contributed by atoms with Gasteiger partial charge >= 0.3 is 6.09 Å². The van der Waals surface area contributed by atoms with Crippen LogP contribution in [0.5, 0.6) is 0 Å². The van der Waals surface area contributed by atoms with Crippen LogP contribution in [-0.2, 0) is 4.74 Å². The van der Waals surface area contributed by atoms with Crippen molar-refractivity contribution in [3.63, 3.8) is 0 Å². The van der Waals surface area contributed by atoms with E-state index in [1.54, 1.807) is 31.4 Å². The number of amides is 1. The first-order chi connectivity index (χ1) is 6.33. The summed E-state index contributed by atoms with van der Waals surface area (Å²) >= 11 is 0. The second-order valence-electron chi connectivity index (χ2n) is 2.21. The Kier molecular flexibility index (Phi) is 3.63. The van der Waals surface area contributed by atoms with Crippen molar-refractivity contribution in [3.8, 4) is 0 Å². The molecule has 0 aliphatic carbocycles. The second kappa shape index (κ2) is 5.03. The average Bonchev–Trinajstić information content (AvgIpc) is 2.57. The van der Waals surface area contributed by atoms with Crippen molar-refractivity contribution in [2.45, 2.75) is 6.92 Å². The maximum atomic E-state index is 10.8. The molecule has 4 heteroatoms. The van der Waals surface area contributed by atoms with Gasteiger partial charge in [-0.15, -0.1) is 0 Å². The van der Waals surface area contributed by atoms with E-state index in [9.17, 15) is 4.79 Å². The van der Waals surface area contributed by atoms with Gasteiger partial charge in [0.2, 0.25) is 0 Å². The molecule has 0 spiro atoms. The van der Waals surface area contributed by atoms with Crippen molar-refractivity contribution in [1.29, 1.82) is 0 Å². The molecule has 1 aromatic rings. The predicted octanol–water partition coefficient (Wildman–Crippen LogP) is 2.00. The first-order valence-electron chi connectivity index (χ1n) is 3.96. The number of nitrogens with one attached hydrogen (secondary N) is 1. The third kappa shape index (κ3) is 3.46. The van der Waals surface area contributed by atoms with E-state index < -0.39 is 6.09 Å². The first-order valence-corrected chi connectivity index (χ1v) is 3.96. The second-order valence-corrected chi connectivity index (χ2v) is 2.21. The molecule has 0 saturated carbocycles. The molecule has 1 rings (SSSR count). The lowest BCUT2D eigenvalue weighted by Gasteiger charge is -1.98. The number of alkyl carbamates (subject to hydrolysis) is 1. The summed E-state index contributed by atoms with van der Waals surface area (Å²) in [5.41, 5.74) is 0. The fourth-order valence-corrected chi connectivity index (χ4v) is 0.751. The van der Waals surface area contributed by atoms with Crippen LogP contribution in [0.15, 0.2) is 29.0 Å². The SMILES string of the molecule is CCOC(=O)N/C=C/c1ccco1. The Hall–Kier alpha value is -1.71. The molecule has 13 heavy (non-hydrogen) atoms. The highest BCUT2D eigenvalue weighted by atomic mass is 16.5. The molecule has 1 aromatic heterocycles. The summed E-state index contributed by atoms with van der Waals surface area (Å²) in [6, 6.07) is 3.55. The molecule has 0 atom stereocenters. The molecule has 0 bridgehead atoms. The zero-order chi connectivity index (χ0) is 9.52. The van der Waals surface area contributed by atoms with Crippen LogP contribution in [0.4, 0.5) is 4.79 Å². The Morgan fingerprint density at radius 1 is 1.77 bits per heavy atom. The van der Waals surface area contributed by atoms with E-state index in [1.165, 1.54) is 6.20 Å². The number of hydrogen-bond acceptors (Lipinski definition) is 3. The van der Waals surface area contributed by atoms with Crippen molar-refractivity contribution in [2.24, 2.45) is 0 Å². The molecule has 0 aliphatic heterocycles. The van der Waals surface area contributed by atoms with Crippen LogP contribution in [0.2, 0.25) is 0 Å². The number of furan rings is 1. The van der Waals surface area contributed by atoms with Crippen molar-refractivity contribution in [2.75, 3.05) is 6.61 Å². The molecular weight excluding hydrogens is 170 g/mol. The molecule has 4 nitrogen and oxygen atoms in total. The summed E-state index contributed by atoms with van der Waals surface area (Å²) in [5, 5.41) is 2.42. The lowest BCUT2D eigenvalue weighted by molar-refractivity contribution is 0.156. The third-order valence-corrected chi connectivity index (χ3v) is 1.27. The van der Waals surface area contributed by atoms with Crippen molar-refractivity contribution in [3.05, 3.63) is 30.4 Å². The molecule has 0 aromatic carbocycles. The quantitative estimate of drug-likeness (QED) is 0.775. The Labute approximate surface area is 76.2 Å². The summed E-state index contributed by atoms with van der Waals surface area (Å²) in [7, 11) is 0. The van der Waals surface area contributed by atoms with Gasteiger partial charge in [-0.3, -0.25) is 5.32 Å². The Morgan fingerprint density at radius 3 is 3.23 bits per heavy atom. The van der Waals surface area contributed by atoms with Crippen molar-refractivity contribution >= 4 is 12.2 Å². The highest BCUT2D eigenvalue weighted by Gasteiger charge is 1.94. The Balaban J connectivity index is 2.30. The average molecular weight is 181 g/mol. The largest absolute Gasteiger partial charge is 0.465 e. The summed E-state index contributed by atoms with van der Waals surface area (Å²) in [4.78, 5) is 10.8. The normalized spacial score (nSPS) is 10.2. The molecular formula is C9H11NO3. The minimum absolute atomic E-state index is 0.362. The van der Waals surface area contributed by atoms with Gasteiger partial charge in [0, 0.05) is 6.20 Å². The molecule has 0 unspecified atom stereocenters. The molecule has 1 N–H and O–H groups in total. The fraction of sp³-hybridized carbons (Fsp3) is 0.222. The van der Waals surface area contributed by atoms with Gasteiger partial charge in [-0.1, -0.05) is 0 Å². The van der Waals surface area contributed by atoms with Gasteiger partial charge in [0.1, 0.15) is 5.76 Å². The summed E-state index contributed by atoms with van der Waals surface area (Å²) in [6.45, 7) is 2.11. The summed E-state index contributed by atoms with van der Waals surface area (Å²) < 4.78 is 9.63. The van der Waals surface area contributed by atoms with Crippen molar-refractivity contribution < 1.29 is 13.9 Å². The molecule has 1 amide bonds. The number of rotatable bonds is 3. The van der Waals surface area contributed by atoms with Crippen LogP contribution in [0, 0.1) is 0 Å². The lowest BCUT2D eigenvalue weighted by atomic mass is 10.4. The molecule has 0 aliphatic rings. The zero-order valence-corrected chi connectivity index (χ0v) is 7.32. The maximum absolute atomic E-state index is 10.8. The van der Waals surface area contributed by atoms with Crippen LogP contribution in [-0.4, -0.2) is 12.7 Å². The van der Waals surface area contributed by atoms with Gasteiger partial charge < -0.3 is 9.15 Å². The summed E-state index contributed by atoms with van der Waals surface area (Å²) in [6.07, 6.45) is 4.20. The third-order valence-electron chi connectivity index (χ3n) is 1.27. The van der Waals surface area contributed by atoms with Gasteiger partial charge in [-0.25, -0.2) is 4.79 Å². The predicted molar refractivity (Wildman–Crippen MR) is 47.9 cm³/mol. The van der Waals surface area contributed by atoms with Crippen molar-refractivity contribution in [1.82, 2.24) is 5.32 Å². The van der Waals surface area contributed by atoms with Crippen LogP contribution in [0.3, 0.4) is 0 Å². The Morgan fingerprint density at radius 2 is 2.62 bits per heavy atom. The zero-order valence-electron chi connectivity index (χ0n) is 7.32. The number of ether oxygens (including phenoxy) is 1. The van der Waals surface area contributed by atoms with E-state index >= 15 is 0 Å². The smallest absolute Gasteiger partial charge is 0.411 e. The highest BCUT2D eigenvalue weighted by molar-refractivity contribution is 5.69. The standard InChI is InChI=1S/C9H11NO3/c1-2-12-9(11)10-6-5-8-4-3-7-13-8/h3-7H,2H2,1H3,(H,10,11)/b6-5+. The molecule has 0 radical (unpaired) electrons.